The Labute approximate surface area is 185 Å². The lowest BCUT2D eigenvalue weighted by atomic mass is 10.1. The SMILES string of the molecule is CCCOc1ccccc1C1Oc2nc(SC)nnc2-c2ccccc2N1C(=O)CC. The smallest absolute Gasteiger partial charge is 0.247 e. The fraction of sp³-hybridized carbons (Fsp3) is 0.304. The Morgan fingerprint density at radius 1 is 1.13 bits per heavy atom. The molecule has 0 spiro atoms. The van der Waals surface area contributed by atoms with Crippen LogP contribution in [0, 0.1) is 0 Å². The monoisotopic (exact) mass is 436 g/mol. The van der Waals surface area contributed by atoms with Crippen molar-refractivity contribution in [2.24, 2.45) is 0 Å². The summed E-state index contributed by atoms with van der Waals surface area (Å²) in [4.78, 5) is 19.4. The average molecular weight is 437 g/mol. The number of aromatic nitrogens is 3. The number of benzene rings is 2. The molecule has 4 rings (SSSR count). The summed E-state index contributed by atoms with van der Waals surface area (Å²) in [6.07, 6.45) is 2.32. The molecule has 0 saturated carbocycles. The largest absolute Gasteiger partial charge is 0.493 e. The van der Waals surface area contributed by atoms with Crippen LogP contribution in [0.2, 0.25) is 0 Å². The molecular formula is C23H24N4O3S. The van der Waals surface area contributed by atoms with Crippen LogP contribution in [0.5, 0.6) is 11.6 Å². The van der Waals surface area contributed by atoms with Crippen molar-refractivity contribution in [3.63, 3.8) is 0 Å². The van der Waals surface area contributed by atoms with Crippen LogP contribution in [0.1, 0.15) is 38.5 Å². The number of nitrogens with zero attached hydrogens (tertiary/aromatic N) is 4. The minimum absolute atomic E-state index is 0.0754. The lowest BCUT2D eigenvalue weighted by Crippen LogP contribution is -2.37. The van der Waals surface area contributed by atoms with E-state index in [4.69, 9.17) is 9.47 Å². The maximum absolute atomic E-state index is 13.2. The highest BCUT2D eigenvalue weighted by atomic mass is 32.2. The summed E-state index contributed by atoms with van der Waals surface area (Å²) in [5.41, 5.74) is 2.72. The molecule has 0 fully saturated rings. The normalized spacial score (nSPS) is 14.8. The molecule has 1 amide bonds. The summed E-state index contributed by atoms with van der Waals surface area (Å²) < 4.78 is 12.4. The van der Waals surface area contributed by atoms with Gasteiger partial charge < -0.3 is 9.47 Å². The molecule has 31 heavy (non-hydrogen) atoms. The van der Waals surface area contributed by atoms with Gasteiger partial charge in [-0.2, -0.15) is 4.98 Å². The molecular weight excluding hydrogens is 412 g/mol. The number of hydrogen-bond acceptors (Lipinski definition) is 7. The number of para-hydroxylation sites is 2. The third kappa shape index (κ3) is 4.07. The first kappa shape index (κ1) is 21.1. The summed E-state index contributed by atoms with van der Waals surface area (Å²) in [7, 11) is 0. The van der Waals surface area contributed by atoms with E-state index in [1.165, 1.54) is 11.8 Å². The standard InChI is InChI=1S/C23H24N4O3S/c1-4-14-29-18-13-9-7-11-16(18)22-27(19(28)5-2)17-12-8-6-10-15(17)20-21(30-22)24-23(31-3)26-25-20/h6-13,22H,4-5,14H2,1-3H3. The Kier molecular flexibility index (Phi) is 6.36. The zero-order chi connectivity index (χ0) is 21.8. The third-order valence-corrected chi connectivity index (χ3v) is 5.45. The van der Waals surface area contributed by atoms with Gasteiger partial charge >= 0.3 is 0 Å². The van der Waals surface area contributed by atoms with Crippen LogP contribution in [0.3, 0.4) is 0 Å². The highest BCUT2D eigenvalue weighted by Crippen LogP contribution is 2.45. The average Bonchev–Trinajstić information content (AvgIpc) is 2.96. The van der Waals surface area contributed by atoms with E-state index >= 15 is 0 Å². The number of carbonyl (C=O) groups excluding carboxylic acids is 1. The molecule has 1 aliphatic rings. The molecule has 2 aromatic carbocycles. The quantitative estimate of drug-likeness (QED) is 0.510. The molecule has 0 bridgehead atoms. The molecule has 0 N–H and O–H groups in total. The molecule has 2 heterocycles. The molecule has 0 saturated heterocycles. The molecule has 1 aromatic heterocycles. The lowest BCUT2D eigenvalue weighted by Gasteiger charge is -2.31. The molecule has 0 aliphatic carbocycles. The zero-order valence-corrected chi connectivity index (χ0v) is 18.6. The van der Waals surface area contributed by atoms with Crippen molar-refractivity contribution in [2.75, 3.05) is 17.8 Å². The number of fused-ring (bicyclic) bond motifs is 3. The van der Waals surface area contributed by atoms with E-state index < -0.39 is 6.23 Å². The second-order valence-electron chi connectivity index (χ2n) is 6.94. The summed E-state index contributed by atoms with van der Waals surface area (Å²) in [6.45, 7) is 4.46. The Hall–Kier alpha value is -3.13. The van der Waals surface area contributed by atoms with Crippen LogP contribution in [0.4, 0.5) is 5.69 Å². The van der Waals surface area contributed by atoms with Gasteiger partial charge in [-0.3, -0.25) is 9.69 Å². The van der Waals surface area contributed by atoms with Gasteiger partial charge in [-0.05, 0) is 30.9 Å². The van der Waals surface area contributed by atoms with Gasteiger partial charge in [-0.1, -0.05) is 55.9 Å². The van der Waals surface area contributed by atoms with Crippen molar-refractivity contribution in [1.82, 2.24) is 15.2 Å². The Morgan fingerprint density at radius 2 is 1.90 bits per heavy atom. The van der Waals surface area contributed by atoms with E-state index in [0.29, 0.717) is 41.2 Å². The van der Waals surface area contributed by atoms with E-state index in [9.17, 15) is 4.79 Å². The van der Waals surface area contributed by atoms with Crippen molar-refractivity contribution in [1.29, 1.82) is 0 Å². The van der Waals surface area contributed by atoms with E-state index in [-0.39, 0.29) is 5.91 Å². The molecule has 0 radical (unpaired) electrons. The predicted molar refractivity (Wildman–Crippen MR) is 120 cm³/mol. The van der Waals surface area contributed by atoms with Crippen molar-refractivity contribution in [3.05, 3.63) is 54.1 Å². The molecule has 7 nitrogen and oxygen atoms in total. The fourth-order valence-corrected chi connectivity index (χ4v) is 3.77. The van der Waals surface area contributed by atoms with Crippen LogP contribution in [0.25, 0.3) is 11.3 Å². The zero-order valence-electron chi connectivity index (χ0n) is 17.7. The van der Waals surface area contributed by atoms with Gasteiger partial charge in [0.05, 0.1) is 17.9 Å². The maximum atomic E-state index is 13.2. The van der Waals surface area contributed by atoms with Gasteiger partial charge in [0.1, 0.15) is 5.75 Å². The molecule has 160 valence electrons. The highest BCUT2D eigenvalue weighted by molar-refractivity contribution is 7.98. The predicted octanol–water partition coefficient (Wildman–Crippen LogP) is 4.88. The van der Waals surface area contributed by atoms with Gasteiger partial charge in [-0.15, -0.1) is 10.2 Å². The number of carbonyl (C=O) groups is 1. The van der Waals surface area contributed by atoms with Crippen LogP contribution in [0.15, 0.2) is 53.7 Å². The third-order valence-electron chi connectivity index (χ3n) is 4.91. The van der Waals surface area contributed by atoms with Crippen molar-refractivity contribution in [3.8, 4) is 22.9 Å². The van der Waals surface area contributed by atoms with Gasteiger partial charge in [0.25, 0.3) is 0 Å². The van der Waals surface area contributed by atoms with E-state index in [2.05, 4.69) is 22.1 Å². The van der Waals surface area contributed by atoms with Crippen molar-refractivity contribution >= 4 is 23.4 Å². The summed E-state index contributed by atoms with van der Waals surface area (Å²) in [6, 6.07) is 15.2. The van der Waals surface area contributed by atoms with Gasteiger partial charge in [-0.25, -0.2) is 0 Å². The second-order valence-corrected chi connectivity index (χ2v) is 7.72. The number of rotatable bonds is 6. The first-order valence-corrected chi connectivity index (χ1v) is 11.5. The van der Waals surface area contributed by atoms with Gasteiger partial charge in [0, 0.05) is 12.0 Å². The van der Waals surface area contributed by atoms with Crippen molar-refractivity contribution in [2.45, 2.75) is 38.1 Å². The second kappa shape index (κ2) is 9.34. The lowest BCUT2D eigenvalue weighted by molar-refractivity contribution is -0.120. The van der Waals surface area contributed by atoms with Crippen LogP contribution in [-0.4, -0.2) is 34.0 Å². The highest BCUT2D eigenvalue weighted by Gasteiger charge is 2.36. The van der Waals surface area contributed by atoms with E-state index in [0.717, 1.165) is 17.5 Å². The fourth-order valence-electron chi connectivity index (χ4n) is 3.47. The Balaban J connectivity index is 1.95. The number of hydrogen-bond donors (Lipinski definition) is 0. The molecule has 1 aliphatic heterocycles. The topological polar surface area (TPSA) is 77.4 Å². The van der Waals surface area contributed by atoms with Crippen molar-refractivity contribution < 1.29 is 14.3 Å². The Bertz CT molecular complexity index is 1090. The molecule has 3 aromatic rings. The molecule has 1 atom stereocenters. The number of ether oxygens (including phenoxy) is 2. The van der Waals surface area contributed by atoms with Gasteiger partial charge in [0.2, 0.25) is 23.2 Å². The van der Waals surface area contributed by atoms with E-state index in [1.54, 1.807) is 4.90 Å². The molecule has 1 unspecified atom stereocenters. The Morgan fingerprint density at radius 3 is 2.68 bits per heavy atom. The first-order valence-electron chi connectivity index (χ1n) is 10.3. The minimum Gasteiger partial charge on any atom is -0.493 e. The number of amides is 1. The number of anilines is 1. The summed E-state index contributed by atoms with van der Waals surface area (Å²) >= 11 is 1.38. The number of thioether (sulfide) groups is 1. The van der Waals surface area contributed by atoms with Crippen LogP contribution < -0.4 is 14.4 Å². The first-order chi connectivity index (χ1) is 15.2. The van der Waals surface area contributed by atoms with Gasteiger partial charge in [0.15, 0.2) is 5.69 Å². The summed E-state index contributed by atoms with van der Waals surface area (Å²) in [5.74, 6) is 0.943. The van der Waals surface area contributed by atoms with Crippen LogP contribution >= 0.6 is 11.8 Å². The maximum Gasteiger partial charge on any atom is 0.247 e. The van der Waals surface area contributed by atoms with Crippen LogP contribution in [-0.2, 0) is 4.79 Å². The summed E-state index contributed by atoms with van der Waals surface area (Å²) in [5, 5.41) is 9.07. The molecule has 8 heteroatoms. The van der Waals surface area contributed by atoms with E-state index in [1.807, 2.05) is 61.7 Å². The minimum atomic E-state index is -0.755.